The van der Waals surface area contributed by atoms with Gasteiger partial charge in [0.25, 0.3) is 0 Å². The number of nitrogens with two attached hydrogens (primary N) is 1. The number of thiophene rings is 1. The Morgan fingerprint density at radius 2 is 2.00 bits per heavy atom. The van der Waals surface area contributed by atoms with Gasteiger partial charge >= 0.3 is 0 Å². The third kappa shape index (κ3) is 3.81. The van der Waals surface area contributed by atoms with E-state index < -0.39 is 11.6 Å². The summed E-state index contributed by atoms with van der Waals surface area (Å²) in [6.45, 7) is 2.02. The first-order valence-corrected chi connectivity index (χ1v) is 8.62. The summed E-state index contributed by atoms with van der Waals surface area (Å²) < 4.78 is 27.3. The number of rotatable bonds is 5. The van der Waals surface area contributed by atoms with Gasteiger partial charge in [-0.15, -0.1) is 23.1 Å². The molecule has 1 heterocycles. The van der Waals surface area contributed by atoms with E-state index in [1.165, 1.54) is 17.8 Å². The van der Waals surface area contributed by atoms with Crippen LogP contribution in [0.1, 0.15) is 23.5 Å². The lowest BCUT2D eigenvalue weighted by Crippen LogP contribution is -2.25. The van der Waals surface area contributed by atoms with Gasteiger partial charge in [-0.1, -0.05) is 6.92 Å². The topological polar surface area (TPSA) is 26.0 Å². The van der Waals surface area contributed by atoms with Crippen LogP contribution in [0.3, 0.4) is 0 Å². The lowest BCUT2D eigenvalue weighted by atomic mass is 10.1. The molecule has 108 valence electrons. The van der Waals surface area contributed by atoms with Crippen LogP contribution in [0.2, 0.25) is 0 Å². The molecule has 1 aromatic heterocycles. The first-order chi connectivity index (χ1) is 9.51. The maximum atomic E-state index is 13.3. The Kier molecular flexibility index (Phi) is 5.60. The predicted molar refractivity (Wildman–Crippen MR) is 85.2 cm³/mol. The van der Waals surface area contributed by atoms with Crippen molar-refractivity contribution in [2.75, 3.05) is 0 Å². The summed E-state index contributed by atoms with van der Waals surface area (Å²) in [5.41, 5.74) is 6.18. The molecule has 20 heavy (non-hydrogen) atoms. The first-order valence-electron chi connectivity index (χ1n) is 6.13. The fourth-order valence-electron chi connectivity index (χ4n) is 1.75. The zero-order valence-corrected chi connectivity index (χ0v) is 14.0. The fraction of sp³-hybridized carbons (Fsp3) is 0.286. The van der Waals surface area contributed by atoms with Crippen LogP contribution < -0.4 is 5.73 Å². The molecule has 1 nitrogen and oxygen atoms in total. The summed E-state index contributed by atoms with van der Waals surface area (Å²) in [7, 11) is 0. The number of halogens is 3. The SMILES string of the molecule is CCC(N)C(Sc1ccc(F)c(F)c1)c1ccc(Br)s1. The largest absolute Gasteiger partial charge is 0.326 e. The van der Waals surface area contributed by atoms with Gasteiger partial charge in [0.2, 0.25) is 0 Å². The Hall–Kier alpha value is -0.430. The van der Waals surface area contributed by atoms with E-state index in [1.54, 1.807) is 17.4 Å². The number of benzene rings is 1. The van der Waals surface area contributed by atoms with Crippen LogP contribution in [-0.2, 0) is 0 Å². The van der Waals surface area contributed by atoms with E-state index in [0.717, 1.165) is 21.2 Å². The second-order valence-electron chi connectivity index (χ2n) is 4.33. The van der Waals surface area contributed by atoms with Crippen molar-refractivity contribution < 1.29 is 8.78 Å². The van der Waals surface area contributed by atoms with Gasteiger partial charge in [0.1, 0.15) is 0 Å². The van der Waals surface area contributed by atoms with Crippen LogP contribution >= 0.6 is 39.0 Å². The lowest BCUT2D eigenvalue weighted by molar-refractivity contribution is 0.506. The molecule has 0 radical (unpaired) electrons. The average molecular weight is 378 g/mol. The van der Waals surface area contributed by atoms with E-state index in [9.17, 15) is 8.78 Å². The second kappa shape index (κ2) is 7.02. The highest BCUT2D eigenvalue weighted by atomic mass is 79.9. The number of hydrogen-bond donors (Lipinski definition) is 1. The van der Waals surface area contributed by atoms with Crippen LogP contribution in [0.25, 0.3) is 0 Å². The van der Waals surface area contributed by atoms with Crippen molar-refractivity contribution in [1.29, 1.82) is 0 Å². The van der Waals surface area contributed by atoms with E-state index >= 15 is 0 Å². The Labute approximate surface area is 133 Å². The summed E-state index contributed by atoms with van der Waals surface area (Å²) in [4.78, 5) is 1.81. The van der Waals surface area contributed by atoms with Gasteiger partial charge in [0.05, 0.1) is 9.04 Å². The molecule has 0 aliphatic carbocycles. The molecule has 0 bridgehead atoms. The minimum absolute atomic E-state index is 0.0289. The molecule has 0 aliphatic heterocycles. The maximum Gasteiger partial charge on any atom is 0.159 e. The minimum Gasteiger partial charge on any atom is -0.326 e. The summed E-state index contributed by atoms with van der Waals surface area (Å²) in [6, 6.07) is 7.90. The Bertz CT molecular complexity index is 588. The van der Waals surface area contributed by atoms with Crippen molar-refractivity contribution in [2.45, 2.75) is 29.5 Å². The normalized spacial score (nSPS) is 14.2. The van der Waals surface area contributed by atoms with Gasteiger partial charge in [-0.25, -0.2) is 8.78 Å². The maximum absolute atomic E-state index is 13.3. The standard InChI is InChI=1S/C14H14BrF2NS2/c1-2-11(18)14(12-5-6-13(15)20-12)19-8-3-4-9(16)10(17)7-8/h3-7,11,14H,2,18H2,1H3. The summed E-state index contributed by atoms with van der Waals surface area (Å²) in [5.74, 6) is -1.66. The van der Waals surface area contributed by atoms with E-state index in [0.29, 0.717) is 4.90 Å². The molecule has 6 heteroatoms. The molecule has 0 spiro atoms. The highest BCUT2D eigenvalue weighted by molar-refractivity contribution is 9.11. The molecular formula is C14H14BrF2NS2. The molecule has 2 N–H and O–H groups in total. The van der Waals surface area contributed by atoms with E-state index in [1.807, 2.05) is 19.1 Å². The zero-order valence-electron chi connectivity index (χ0n) is 10.8. The fourth-order valence-corrected chi connectivity index (χ4v) is 4.69. The van der Waals surface area contributed by atoms with Crippen molar-refractivity contribution in [2.24, 2.45) is 5.73 Å². The van der Waals surface area contributed by atoms with Crippen LogP contribution in [0.5, 0.6) is 0 Å². The van der Waals surface area contributed by atoms with Crippen LogP contribution in [-0.4, -0.2) is 6.04 Å². The smallest absolute Gasteiger partial charge is 0.159 e. The van der Waals surface area contributed by atoms with Crippen LogP contribution in [0, 0.1) is 11.6 Å². The average Bonchev–Trinajstić information content (AvgIpc) is 2.85. The molecule has 2 unspecified atom stereocenters. The third-order valence-electron chi connectivity index (χ3n) is 2.89. The summed E-state index contributed by atoms with van der Waals surface area (Å²) in [5, 5.41) is 0.0289. The molecule has 0 amide bonds. The first kappa shape index (κ1) is 15.9. The molecule has 0 saturated heterocycles. The molecule has 0 saturated carbocycles. The molecule has 0 fully saturated rings. The van der Waals surface area contributed by atoms with Gasteiger partial charge < -0.3 is 5.73 Å². The number of thioether (sulfide) groups is 1. The van der Waals surface area contributed by atoms with Crippen molar-refractivity contribution in [3.05, 3.63) is 50.6 Å². The van der Waals surface area contributed by atoms with Crippen molar-refractivity contribution in [3.8, 4) is 0 Å². The van der Waals surface area contributed by atoms with Gasteiger partial charge in [-0.2, -0.15) is 0 Å². The summed E-state index contributed by atoms with van der Waals surface area (Å²) >= 11 is 6.52. The Balaban J connectivity index is 2.25. The van der Waals surface area contributed by atoms with Crippen molar-refractivity contribution >= 4 is 39.0 Å². The van der Waals surface area contributed by atoms with E-state index in [2.05, 4.69) is 15.9 Å². The molecule has 0 aliphatic rings. The highest BCUT2D eigenvalue weighted by Crippen LogP contribution is 2.42. The molecule has 1 aromatic carbocycles. The Morgan fingerprint density at radius 1 is 1.25 bits per heavy atom. The predicted octanol–water partition coefficient (Wildman–Crippen LogP) is 5.36. The van der Waals surface area contributed by atoms with Crippen LogP contribution in [0.4, 0.5) is 8.78 Å². The monoisotopic (exact) mass is 377 g/mol. The Morgan fingerprint density at radius 3 is 2.55 bits per heavy atom. The quantitative estimate of drug-likeness (QED) is 0.709. The summed E-state index contributed by atoms with van der Waals surface area (Å²) in [6.07, 6.45) is 0.816. The zero-order chi connectivity index (χ0) is 14.7. The molecular weight excluding hydrogens is 364 g/mol. The highest BCUT2D eigenvalue weighted by Gasteiger charge is 2.22. The minimum atomic E-state index is -0.829. The van der Waals surface area contributed by atoms with E-state index in [4.69, 9.17) is 5.73 Å². The van der Waals surface area contributed by atoms with Crippen molar-refractivity contribution in [1.82, 2.24) is 0 Å². The number of hydrogen-bond acceptors (Lipinski definition) is 3. The van der Waals surface area contributed by atoms with Crippen molar-refractivity contribution in [3.63, 3.8) is 0 Å². The second-order valence-corrected chi connectivity index (χ2v) is 8.04. The molecule has 2 rings (SSSR count). The van der Waals surface area contributed by atoms with Gasteiger partial charge in [0.15, 0.2) is 11.6 Å². The van der Waals surface area contributed by atoms with Gasteiger partial charge in [0, 0.05) is 15.8 Å². The van der Waals surface area contributed by atoms with E-state index in [-0.39, 0.29) is 11.3 Å². The molecule has 2 atom stereocenters. The third-order valence-corrected chi connectivity index (χ3v) is 6.13. The molecule has 2 aromatic rings. The van der Waals surface area contributed by atoms with Gasteiger partial charge in [-0.05, 0) is 52.7 Å². The lowest BCUT2D eigenvalue weighted by Gasteiger charge is -2.21. The van der Waals surface area contributed by atoms with Crippen LogP contribution in [0.15, 0.2) is 39.0 Å². The van der Waals surface area contributed by atoms with Gasteiger partial charge in [-0.3, -0.25) is 0 Å².